The topological polar surface area (TPSA) is 89.3 Å². The number of rotatable bonds is 5. The van der Waals surface area contributed by atoms with Crippen LogP contribution in [0.4, 0.5) is 23.2 Å². The Morgan fingerprint density at radius 1 is 1.27 bits per heavy atom. The molecule has 0 aromatic heterocycles. The number of carbonyl (C=O) groups excluding carboxylic acids is 1. The van der Waals surface area contributed by atoms with E-state index in [9.17, 15) is 30.8 Å². The van der Waals surface area contributed by atoms with Gasteiger partial charge in [0, 0.05) is 6.54 Å². The smallest absolute Gasteiger partial charge is 0.383 e. The third-order valence-electron chi connectivity index (χ3n) is 2.93. The molecule has 0 saturated carbocycles. The van der Waals surface area contributed by atoms with E-state index in [1.807, 2.05) is 0 Å². The van der Waals surface area contributed by atoms with Crippen molar-refractivity contribution in [2.24, 2.45) is 11.1 Å². The highest BCUT2D eigenvalue weighted by molar-refractivity contribution is 7.92. The highest BCUT2D eigenvalue weighted by Crippen LogP contribution is 2.35. The molecule has 1 amide bonds. The van der Waals surface area contributed by atoms with Crippen LogP contribution in [0, 0.1) is 11.2 Å². The Kier molecular flexibility index (Phi) is 4.76. The SMILES string of the molecule is CC(C)(CNc1ccc(F)cc1S(=O)(=O)C(F)(F)F)C(N)=O. The summed E-state index contributed by atoms with van der Waals surface area (Å²) in [5, 5.41) is 2.39. The van der Waals surface area contributed by atoms with E-state index in [1.54, 1.807) is 0 Å². The van der Waals surface area contributed by atoms with Gasteiger partial charge in [0.2, 0.25) is 5.91 Å². The van der Waals surface area contributed by atoms with Crippen LogP contribution in [0.2, 0.25) is 0 Å². The lowest BCUT2D eigenvalue weighted by atomic mass is 9.93. The summed E-state index contributed by atoms with van der Waals surface area (Å²) in [6.45, 7) is 2.61. The Balaban J connectivity index is 3.27. The zero-order valence-electron chi connectivity index (χ0n) is 11.7. The quantitative estimate of drug-likeness (QED) is 0.802. The number of carbonyl (C=O) groups is 1. The number of hydrogen-bond acceptors (Lipinski definition) is 4. The molecule has 10 heteroatoms. The van der Waals surface area contributed by atoms with E-state index in [0.717, 1.165) is 12.1 Å². The summed E-state index contributed by atoms with van der Waals surface area (Å²) >= 11 is 0. The number of amides is 1. The normalized spacial score (nSPS) is 13.0. The number of halogens is 4. The van der Waals surface area contributed by atoms with E-state index in [4.69, 9.17) is 5.73 Å². The molecule has 0 radical (unpaired) electrons. The summed E-state index contributed by atoms with van der Waals surface area (Å²) in [4.78, 5) is 9.91. The van der Waals surface area contributed by atoms with Gasteiger partial charge in [-0.1, -0.05) is 0 Å². The van der Waals surface area contributed by atoms with Crippen LogP contribution in [0.5, 0.6) is 0 Å². The zero-order chi connectivity index (χ0) is 17.3. The Labute approximate surface area is 124 Å². The van der Waals surface area contributed by atoms with Gasteiger partial charge < -0.3 is 11.1 Å². The van der Waals surface area contributed by atoms with Crippen LogP contribution < -0.4 is 11.1 Å². The first-order valence-corrected chi connectivity index (χ1v) is 7.42. The number of alkyl halides is 3. The van der Waals surface area contributed by atoms with Crippen molar-refractivity contribution >= 4 is 21.4 Å². The van der Waals surface area contributed by atoms with Crippen LogP contribution in [-0.4, -0.2) is 26.4 Å². The molecule has 0 aliphatic rings. The molecule has 5 nitrogen and oxygen atoms in total. The minimum absolute atomic E-state index is 0.228. The molecule has 124 valence electrons. The summed E-state index contributed by atoms with van der Waals surface area (Å²) in [6, 6.07) is 1.92. The van der Waals surface area contributed by atoms with Gasteiger partial charge in [0.05, 0.1) is 11.1 Å². The van der Waals surface area contributed by atoms with Crippen molar-refractivity contribution in [3.8, 4) is 0 Å². The maximum atomic E-state index is 13.1. The van der Waals surface area contributed by atoms with Gasteiger partial charge >= 0.3 is 5.51 Å². The number of benzene rings is 1. The first kappa shape index (κ1) is 18.2. The molecule has 0 unspecified atom stereocenters. The third-order valence-corrected chi connectivity index (χ3v) is 4.45. The van der Waals surface area contributed by atoms with Crippen LogP contribution in [0.3, 0.4) is 0 Å². The molecule has 0 heterocycles. The second-order valence-corrected chi connectivity index (χ2v) is 7.10. The number of nitrogens with two attached hydrogens (primary N) is 1. The Bertz CT molecular complexity index is 684. The summed E-state index contributed by atoms with van der Waals surface area (Å²) in [7, 11) is -5.74. The Hall–Kier alpha value is -1.84. The number of nitrogens with one attached hydrogen (secondary N) is 1. The lowest BCUT2D eigenvalue weighted by Gasteiger charge is -2.22. The molecule has 0 aliphatic heterocycles. The fraction of sp³-hybridized carbons (Fsp3) is 0.417. The van der Waals surface area contributed by atoms with Gasteiger partial charge in [-0.15, -0.1) is 0 Å². The van der Waals surface area contributed by atoms with Crippen molar-refractivity contribution in [3.63, 3.8) is 0 Å². The standard InChI is InChI=1S/C12H14F4N2O3S/c1-11(2,10(17)19)6-18-8-4-3-7(13)5-9(8)22(20,21)12(14,15)16/h3-5,18H,6H2,1-2H3,(H2,17,19). The molecule has 1 aromatic rings. The van der Waals surface area contributed by atoms with Gasteiger partial charge in [-0.05, 0) is 32.0 Å². The van der Waals surface area contributed by atoms with Gasteiger partial charge in [0.15, 0.2) is 0 Å². The van der Waals surface area contributed by atoms with Crippen LogP contribution in [-0.2, 0) is 14.6 Å². The Morgan fingerprint density at radius 2 is 1.82 bits per heavy atom. The molecule has 0 spiro atoms. The van der Waals surface area contributed by atoms with Gasteiger partial charge in [-0.3, -0.25) is 4.79 Å². The fourth-order valence-electron chi connectivity index (χ4n) is 1.39. The van der Waals surface area contributed by atoms with E-state index < -0.39 is 43.1 Å². The number of anilines is 1. The van der Waals surface area contributed by atoms with Gasteiger partial charge in [0.25, 0.3) is 9.84 Å². The summed E-state index contributed by atoms with van der Waals surface area (Å²) in [6.07, 6.45) is 0. The van der Waals surface area contributed by atoms with Crippen molar-refractivity contribution in [2.45, 2.75) is 24.3 Å². The molecule has 0 aliphatic carbocycles. The second kappa shape index (κ2) is 5.75. The molecule has 0 bridgehead atoms. The fourth-order valence-corrected chi connectivity index (χ4v) is 2.34. The maximum Gasteiger partial charge on any atom is 0.501 e. The molecular formula is C12H14F4N2O3S. The lowest BCUT2D eigenvalue weighted by Crippen LogP contribution is -2.37. The first-order chi connectivity index (χ1) is 9.79. The first-order valence-electron chi connectivity index (χ1n) is 5.94. The van der Waals surface area contributed by atoms with E-state index >= 15 is 0 Å². The van der Waals surface area contributed by atoms with Crippen molar-refractivity contribution in [1.82, 2.24) is 0 Å². The highest BCUT2D eigenvalue weighted by Gasteiger charge is 2.48. The minimum Gasteiger partial charge on any atom is -0.383 e. The molecule has 1 rings (SSSR count). The van der Waals surface area contributed by atoms with Gasteiger partial charge in [0.1, 0.15) is 10.7 Å². The lowest BCUT2D eigenvalue weighted by molar-refractivity contribution is -0.125. The molecule has 0 fully saturated rings. The summed E-state index contributed by atoms with van der Waals surface area (Å²) in [5.41, 5.74) is -2.07. The highest BCUT2D eigenvalue weighted by atomic mass is 32.2. The average Bonchev–Trinajstić information content (AvgIpc) is 2.35. The van der Waals surface area contributed by atoms with Crippen LogP contribution >= 0.6 is 0 Å². The predicted octanol–water partition coefficient (Wildman–Crippen LogP) is 2.04. The molecule has 0 atom stereocenters. The maximum absolute atomic E-state index is 13.1. The second-order valence-electron chi connectivity index (χ2n) is 5.19. The molecule has 3 N–H and O–H groups in total. The molecule has 1 aromatic carbocycles. The zero-order valence-corrected chi connectivity index (χ0v) is 12.5. The predicted molar refractivity (Wildman–Crippen MR) is 71.1 cm³/mol. The number of hydrogen-bond donors (Lipinski definition) is 2. The van der Waals surface area contributed by atoms with Crippen molar-refractivity contribution < 1.29 is 30.8 Å². The van der Waals surface area contributed by atoms with E-state index in [0.29, 0.717) is 0 Å². The van der Waals surface area contributed by atoms with Crippen LogP contribution in [0.1, 0.15) is 13.8 Å². The monoisotopic (exact) mass is 342 g/mol. The number of sulfone groups is 1. The molecule has 22 heavy (non-hydrogen) atoms. The number of primary amides is 1. The van der Waals surface area contributed by atoms with Gasteiger partial charge in [-0.2, -0.15) is 13.2 Å². The third kappa shape index (κ3) is 3.67. The molecule has 0 saturated heterocycles. The van der Waals surface area contributed by atoms with Crippen molar-refractivity contribution in [3.05, 3.63) is 24.0 Å². The van der Waals surface area contributed by atoms with E-state index in [2.05, 4.69) is 5.32 Å². The van der Waals surface area contributed by atoms with Crippen molar-refractivity contribution in [1.29, 1.82) is 0 Å². The van der Waals surface area contributed by atoms with Crippen molar-refractivity contribution in [2.75, 3.05) is 11.9 Å². The minimum atomic E-state index is -5.74. The van der Waals surface area contributed by atoms with Crippen LogP contribution in [0.15, 0.2) is 23.1 Å². The van der Waals surface area contributed by atoms with E-state index in [1.165, 1.54) is 13.8 Å². The van der Waals surface area contributed by atoms with Gasteiger partial charge in [-0.25, -0.2) is 12.8 Å². The van der Waals surface area contributed by atoms with Crippen LogP contribution in [0.25, 0.3) is 0 Å². The molecular weight excluding hydrogens is 328 g/mol. The van der Waals surface area contributed by atoms with E-state index in [-0.39, 0.29) is 12.6 Å². The summed E-state index contributed by atoms with van der Waals surface area (Å²) < 4.78 is 73.9. The largest absolute Gasteiger partial charge is 0.501 e. The summed E-state index contributed by atoms with van der Waals surface area (Å²) in [5.74, 6) is -1.87. The Morgan fingerprint density at radius 3 is 2.27 bits per heavy atom. The average molecular weight is 342 g/mol.